The molecule has 3 amide bonds. The molecule has 1 saturated heterocycles. The number of carbonyl (C=O) groups is 2. The van der Waals surface area contributed by atoms with Crippen molar-refractivity contribution in [3.8, 4) is 0 Å². The molecule has 9 nitrogen and oxygen atoms in total. The Morgan fingerprint density at radius 2 is 2.07 bits per heavy atom. The van der Waals surface area contributed by atoms with E-state index in [1.54, 1.807) is 43.5 Å². The quantitative estimate of drug-likeness (QED) is 0.725. The molecule has 29 heavy (non-hydrogen) atoms. The van der Waals surface area contributed by atoms with Crippen molar-refractivity contribution >= 4 is 17.6 Å². The van der Waals surface area contributed by atoms with Crippen LogP contribution in [0, 0.1) is 0 Å². The van der Waals surface area contributed by atoms with E-state index in [-0.39, 0.29) is 17.9 Å². The summed E-state index contributed by atoms with van der Waals surface area (Å²) < 4.78 is 1.85. The molecule has 0 radical (unpaired) electrons. The van der Waals surface area contributed by atoms with Gasteiger partial charge in [-0.25, -0.2) is 4.79 Å². The first-order chi connectivity index (χ1) is 14.0. The molecule has 1 aliphatic heterocycles. The third-order valence-electron chi connectivity index (χ3n) is 5.05. The molecule has 4 heterocycles. The SMILES string of the molecule is CN(C)C(=O)N1CC[C@H](c2nnc3ccc(C(=O)NCc4ccccn4)cn23)C1. The lowest BCUT2D eigenvalue weighted by atomic mass is 10.1. The van der Waals surface area contributed by atoms with Gasteiger partial charge in [-0.1, -0.05) is 6.07 Å². The predicted octanol–water partition coefficient (Wildman–Crippen LogP) is 1.53. The number of nitrogens with one attached hydrogen (secondary N) is 1. The van der Waals surface area contributed by atoms with Crippen LogP contribution >= 0.6 is 0 Å². The van der Waals surface area contributed by atoms with Crippen LogP contribution in [0.4, 0.5) is 4.79 Å². The number of hydrogen-bond acceptors (Lipinski definition) is 5. The largest absolute Gasteiger partial charge is 0.346 e. The molecule has 1 aliphatic rings. The highest BCUT2D eigenvalue weighted by atomic mass is 16.2. The highest BCUT2D eigenvalue weighted by molar-refractivity contribution is 5.94. The lowest BCUT2D eigenvalue weighted by Crippen LogP contribution is -2.37. The zero-order valence-corrected chi connectivity index (χ0v) is 16.4. The van der Waals surface area contributed by atoms with Gasteiger partial charge in [0.15, 0.2) is 5.65 Å². The van der Waals surface area contributed by atoms with Gasteiger partial charge >= 0.3 is 6.03 Å². The second-order valence-corrected chi connectivity index (χ2v) is 7.32. The number of urea groups is 1. The molecule has 0 spiro atoms. The minimum absolute atomic E-state index is 0.00379. The number of carbonyl (C=O) groups excluding carboxylic acids is 2. The van der Waals surface area contributed by atoms with E-state index in [1.807, 2.05) is 27.5 Å². The van der Waals surface area contributed by atoms with Crippen LogP contribution in [0.15, 0.2) is 42.7 Å². The second-order valence-electron chi connectivity index (χ2n) is 7.32. The summed E-state index contributed by atoms with van der Waals surface area (Å²) in [7, 11) is 3.50. The van der Waals surface area contributed by atoms with E-state index in [0.29, 0.717) is 30.8 Å². The van der Waals surface area contributed by atoms with Gasteiger partial charge < -0.3 is 15.1 Å². The first-order valence-electron chi connectivity index (χ1n) is 9.52. The maximum Gasteiger partial charge on any atom is 0.319 e. The van der Waals surface area contributed by atoms with E-state index in [2.05, 4.69) is 20.5 Å². The molecule has 3 aromatic heterocycles. The van der Waals surface area contributed by atoms with Crippen molar-refractivity contribution in [3.05, 3.63) is 59.8 Å². The number of aromatic nitrogens is 4. The maximum atomic E-state index is 12.6. The van der Waals surface area contributed by atoms with Gasteiger partial charge in [0, 0.05) is 45.5 Å². The number of rotatable bonds is 4. The molecule has 0 aliphatic carbocycles. The molecule has 150 valence electrons. The summed E-state index contributed by atoms with van der Waals surface area (Å²) in [5, 5.41) is 11.4. The molecule has 0 saturated carbocycles. The van der Waals surface area contributed by atoms with Crippen LogP contribution in [-0.2, 0) is 6.54 Å². The van der Waals surface area contributed by atoms with Crippen molar-refractivity contribution in [2.24, 2.45) is 0 Å². The van der Waals surface area contributed by atoms with Crippen LogP contribution in [0.1, 0.15) is 34.2 Å². The summed E-state index contributed by atoms with van der Waals surface area (Å²) in [5.74, 6) is 0.669. The summed E-state index contributed by atoms with van der Waals surface area (Å²) in [6.07, 6.45) is 4.27. The number of nitrogens with zero attached hydrogens (tertiary/aromatic N) is 6. The predicted molar refractivity (Wildman–Crippen MR) is 106 cm³/mol. The molecule has 0 unspecified atom stereocenters. The lowest BCUT2D eigenvalue weighted by Gasteiger charge is -2.21. The molecule has 1 N–H and O–H groups in total. The number of likely N-dealkylation sites (tertiary alicyclic amines) is 1. The van der Waals surface area contributed by atoms with E-state index in [0.717, 1.165) is 17.9 Å². The first kappa shape index (κ1) is 18.9. The summed E-state index contributed by atoms with van der Waals surface area (Å²) >= 11 is 0. The number of fused-ring (bicyclic) bond motifs is 1. The summed E-state index contributed by atoms with van der Waals surface area (Å²) in [4.78, 5) is 32.4. The van der Waals surface area contributed by atoms with Crippen LogP contribution in [0.25, 0.3) is 5.65 Å². The summed E-state index contributed by atoms with van der Waals surface area (Å²) in [6, 6.07) is 9.10. The van der Waals surface area contributed by atoms with Crippen molar-refractivity contribution in [1.29, 1.82) is 0 Å². The van der Waals surface area contributed by atoms with Gasteiger partial charge in [0.1, 0.15) is 5.82 Å². The Hall–Kier alpha value is -3.49. The molecule has 1 fully saturated rings. The normalized spacial score (nSPS) is 16.2. The average molecular weight is 393 g/mol. The molecule has 1 atom stereocenters. The van der Waals surface area contributed by atoms with E-state index in [4.69, 9.17) is 0 Å². The molecule has 0 aromatic carbocycles. The van der Waals surface area contributed by atoms with Crippen molar-refractivity contribution in [2.45, 2.75) is 18.9 Å². The van der Waals surface area contributed by atoms with E-state index >= 15 is 0 Å². The Morgan fingerprint density at radius 3 is 2.83 bits per heavy atom. The van der Waals surface area contributed by atoms with Gasteiger partial charge in [-0.3, -0.25) is 14.2 Å². The van der Waals surface area contributed by atoms with Gasteiger partial charge in [-0.2, -0.15) is 0 Å². The molecule has 9 heteroatoms. The van der Waals surface area contributed by atoms with Gasteiger partial charge in [0.05, 0.1) is 17.8 Å². The average Bonchev–Trinajstić information content (AvgIpc) is 3.38. The van der Waals surface area contributed by atoms with Crippen LogP contribution in [0.5, 0.6) is 0 Å². The fraction of sp³-hybridized carbons (Fsp3) is 0.350. The molecular weight excluding hydrogens is 370 g/mol. The van der Waals surface area contributed by atoms with Crippen LogP contribution < -0.4 is 5.32 Å². The Balaban J connectivity index is 1.51. The standard InChI is InChI=1S/C20H23N7O2/c1-25(2)20(29)26-10-8-14(12-26)18-24-23-17-7-6-15(13-27(17)18)19(28)22-11-16-5-3-4-9-21-16/h3-7,9,13-14H,8,10-12H2,1-2H3,(H,22,28)/t14-/m0/s1. The third-order valence-corrected chi connectivity index (χ3v) is 5.05. The Morgan fingerprint density at radius 1 is 1.21 bits per heavy atom. The zero-order chi connectivity index (χ0) is 20.4. The Kier molecular flexibility index (Phi) is 5.11. The second kappa shape index (κ2) is 7.86. The van der Waals surface area contributed by atoms with Crippen molar-refractivity contribution in [3.63, 3.8) is 0 Å². The topological polar surface area (TPSA) is 95.7 Å². The van der Waals surface area contributed by atoms with Gasteiger partial charge in [0.2, 0.25) is 0 Å². The van der Waals surface area contributed by atoms with Crippen molar-refractivity contribution in [2.75, 3.05) is 27.2 Å². The van der Waals surface area contributed by atoms with Gasteiger partial charge in [-0.15, -0.1) is 10.2 Å². The molecular formula is C20H23N7O2. The summed E-state index contributed by atoms with van der Waals surface area (Å²) in [6.45, 7) is 1.63. The number of pyridine rings is 2. The summed E-state index contributed by atoms with van der Waals surface area (Å²) in [5.41, 5.74) is 2.00. The van der Waals surface area contributed by atoms with Gasteiger partial charge in [0.25, 0.3) is 5.91 Å². The molecule has 0 bridgehead atoms. The van der Waals surface area contributed by atoms with Crippen LogP contribution in [-0.4, -0.2) is 68.5 Å². The van der Waals surface area contributed by atoms with E-state index in [9.17, 15) is 9.59 Å². The third kappa shape index (κ3) is 3.89. The van der Waals surface area contributed by atoms with Gasteiger partial charge in [-0.05, 0) is 30.7 Å². The highest BCUT2D eigenvalue weighted by Crippen LogP contribution is 2.27. The Bertz CT molecular complexity index is 1030. The highest BCUT2D eigenvalue weighted by Gasteiger charge is 2.31. The minimum atomic E-state index is -0.187. The minimum Gasteiger partial charge on any atom is -0.346 e. The zero-order valence-electron chi connectivity index (χ0n) is 16.4. The van der Waals surface area contributed by atoms with E-state index < -0.39 is 0 Å². The monoisotopic (exact) mass is 393 g/mol. The smallest absolute Gasteiger partial charge is 0.319 e. The van der Waals surface area contributed by atoms with E-state index in [1.165, 1.54) is 0 Å². The van der Waals surface area contributed by atoms with Crippen LogP contribution in [0.2, 0.25) is 0 Å². The number of amides is 3. The maximum absolute atomic E-state index is 12.6. The lowest BCUT2D eigenvalue weighted by molar-refractivity contribution is 0.0950. The van der Waals surface area contributed by atoms with Crippen molar-refractivity contribution in [1.82, 2.24) is 34.7 Å². The fourth-order valence-corrected chi connectivity index (χ4v) is 3.52. The molecule has 3 aromatic rings. The number of hydrogen-bond donors (Lipinski definition) is 1. The first-order valence-corrected chi connectivity index (χ1v) is 9.52. The molecule has 4 rings (SSSR count). The Labute approximate surface area is 168 Å². The van der Waals surface area contributed by atoms with Crippen LogP contribution in [0.3, 0.4) is 0 Å². The van der Waals surface area contributed by atoms with Crippen molar-refractivity contribution < 1.29 is 9.59 Å². The fourth-order valence-electron chi connectivity index (χ4n) is 3.52.